The van der Waals surface area contributed by atoms with Crippen LogP contribution >= 0.6 is 0 Å². The van der Waals surface area contributed by atoms with E-state index in [4.69, 9.17) is 0 Å². The first kappa shape index (κ1) is 20.3. The number of piperazine rings is 1. The van der Waals surface area contributed by atoms with E-state index in [2.05, 4.69) is 23.6 Å². The van der Waals surface area contributed by atoms with Crippen LogP contribution in [0, 0.1) is 0 Å². The molecule has 0 aliphatic carbocycles. The van der Waals surface area contributed by atoms with Gasteiger partial charge in [-0.05, 0) is 51.7 Å². The normalized spacial score (nSPS) is 24.7. The molecule has 1 aromatic rings. The molecule has 2 unspecified atom stereocenters. The Bertz CT molecular complexity index is 812. The first-order valence-corrected chi connectivity index (χ1v) is 10.9. The highest BCUT2D eigenvalue weighted by atomic mass is 32.2. The summed E-state index contributed by atoms with van der Waals surface area (Å²) in [5.41, 5.74) is 1.59. The second-order valence-electron chi connectivity index (χ2n) is 7.98. The number of sulfonamides is 1. The molecule has 1 aromatic carbocycles. The van der Waals surface area contributed by atoms with Crippen LogP contribution in [0.5, 0.6) is 0 Å². The maximum Gasteiger partial charge on any atom is 0.243 e. The fourth-order valence-electron chi connectivity index (χ4n) is 4.02. The third-order valence-electron chi connectivity index (χ3n) is 5.64. The van der Waals surface area contributed by atoms with Crippen molar-refractivity contribution in [1.82, 2.24) is 14.1 Å². The lowest BCUT2D eigenvalue weighted by atomic mass is 10.1. The van der Waals surface area contributed by atoms with Crippen LogP contribution in [0.2, 0.25) is 0 Å². The van der Waals surface area contributed by atoms with Gasteiger partial charge >= 0.3 is 0 Å². The first-order valence-electron chi connectivity index (χ1n) is 9.41. The zero-order valence-electron chi connectivity index (χ0n) is 16.8. The summed E-state index contributed by atoms with van der Waals surface area (Å²) in [5.74, 6) is -0.00343. The Hall–Kier alpha value is -1.48. The Kier molecular flexibility index (Phi) is 5.63. The largest absolute Gasteiger partial charge is 0.315 e. The maximum atomic E-state index is 13.2. The van der Waals surface area contributed by atoms with Crippen molar-refractivity contribution in [2.45, 2.75) is 37.2 Å². The highest BCUT2D eigenvalue weighted by Crippen LogP contribution is 2.31. The van der Waals surface area contributed by atoms with Gasteiger partial charge in [0.1, 0.15) is 0 Å². The van der Waals surface area contributed by atoms with Gasteiger partial charge in [0, 0.05) is 51.0 Å². The minimum absolute atomic E-state index is 0.00343. The van der Waals surface area contributed by atoms with Crippen LogP contribution in [0.1, 0.15) is 19.4 Å². The Morgan fingerprint density at radius 2 is 1.78 bits per heavy atom. The summed E-state index contributed by atoms with van der Waals surface area (Å²) in [7, 11) is 2.24. The van der Waals surface area contributed by atoms with Crippen molar-refractivity contribution in [3.8, 4) is 0 Å². The Morgan fingerprint density at radius 3 is 2.37 bits per heavy atom. The molecule has 0 radical (unpaired) electrons. The molecular formula is C19H30N4O3S. The summed E-state index contributed by atoms with van der Waals surface area (Å²) in [4.78, 5) is 18.3. The summed E-state index contributed by atoms with van der Waals surface area (Å²) in [6.45, 7) is 7.02. The van der Waals surface area contributed by atoms with Crippen molar-refractivity contribution in [2.24, 2.45) is 0 Å². The number of likely N-dealkylation sites (N-methyl/N-ethyl adjacent to an activating group) is 2. The molecule has 27 heavy (non-hydrogen) atoms. The van der Waals surface area contributed by atoms with E-state index in [0.717, 1.165) is 24.3 Å². The minimum atomic E-state index is -3.57. The van der Waals surface area contributed by atoms with Gasteiger partial charge in [0.05, 0.1) is 11.3 Å². The van der Waals surface area contributed by atoms with Crippen LogP contribution in [-0.2, 0) is 21.2 Å². The second kappa shape index (κ2) is 7.50. The van der Waals surface area contributed by atoms with Gasteiger partial charge in [0.15, 0.2) is 0 Å². The van der Waals surface area contributed by atoms with E-state index in [1.54, 1.807) is 34.5 Å². The molecule has 0 saturated carbocycles. The van der Waals surface area contributed by atoms with Crippen molar-refractivity contribution in [3.63, 3.8) is 0 Å². The maximum absolute atomic E-state index is 13.2. The predicted molar refractivity (Wildman–Crippen MR) is 106 cm³/mol. The van der Waals surface area contributed by atoms with Crippen molar-refractivity contribution in [3.05, 3.63) is 23.8 Å². The predicted octanol–water partition coefficient (Wildman–Crippen LogP) is 0.850. The molecule has 8 heteroatoms. The Morgan fingerprint density at radius 1 is 1.15 bits per heavy atom. The number of carbonyl (C=O) groups excluding carboxylic acids is 1. The summed E-state index contributed by atoms with van der Waals surface area (Å²) in [6.07, 6.45) is 0.264. The molecule has 3 rings (SSSR count). The van der Waals surface area contributed by atoms with Crippen molar-refractivity contribution in [2.75, 3.05) is 52.2 Å². The molecule has 2 aliphatic heterocycles. The van der Waals surface area contributed by atoms with Gasteiger partial charge < -0.3 is 9.80 Å². The molecule has 2 aliphatic rings. The van der Waals surface area contributed by atoms with E-state index in [0.29, 0.717) is 13.1 Å². The zero-order chi connectivity index (χ0) is 19.9. The standard InChI is InChI=1S/C19H30N4O3S/c1-14-12-22(13-15(2)23(14)9-8-20(3)4)27(25,26)17-6-7-18-16(10-17)11-19(24)21(18)5/h6-7,10,14-15H,8-9,11-13H2,1-5H3. The monoisotopic (exact) mass is 394 g/mol. The molecule has 0 bridgehead atoms. The third-order valence-corrected chi connectivity index (χ3v) is 7.47. The van der Waals surface area contributed by atoms with Crippen LogP contribution in [0.15, 0.2) is 23.1 Å². The Labute approximate surface area is 162 Å². The lowest BCUT2D eigenvalue weighted by Gasteiger charge is -2.44. The number of hydrogen-bond donors (Lipinski definition) is 0. The van der Waals surface area contributed by atoms with Crippen molar-refractivity contribution in [1.29, 1.82) is 0 Å². The average molecular weight is 395 g/mol. The van der Waals surface area contributed by atoms with Crippen molar-refractivity contribution < 1.29 is 13.2 Å². The van der Waals surface area contributed by atoms with Crippen LogP contribution in [0.3, 0.4) is 0 Å². The number of anilines is 1. The van der Waals surface area contributed by atoms with E-state index in [1.165, 1.54) is 0 Å². The van der Waals surface area contributed by atoms with Gasteiger partial charge in [0.25, 0.3) is 0 Å². The average Bonchev–Trinajstić information content (AvgIpc) is 2.87. The zero-order valence-corrected chi connectivity index (χ0v) is 17.7. The summed E-state index contributed by atoms with van der Waals surface area (Å²) >= 11 is 0. The molecule has 0 aromatic heterocycles. The SMILES string of the molecule is CC1CN(S(=O)(=O)c2ccc3c(c2)CC(=O)N3C)CC(C)N1CCN(C)C. The van der Waals surface area contributed by atoms with Crippen LogP contribution in [-0.4, -0.2) is 87.8 Å². The molecule has 7 nitrogen and oxygen atoms in total. The van der Waals surface area contributed by atoms with E-state index >= 15 is 0 Å². The number of nitrogens with zero attached hydrogens (tertiary/aromatic N) is 4. The highest BCUT2D eigenvalue weighted by Gasteiger charge is 2.36. The van der Waals surface area contributed by atoms with Gasteiger partial charge in [-0.1, -0.05) is 0 Å². The molecule has 0 spiro atoms. The molecule has 1 saturated heterocycles. The van der Waals surface area contributed by atoms with E-state index < -0.39 is 10.0 Å². The van der Waals surface area contributed by atoms with Crippen LogP contribution in [0.4, 0.5) is 5.69 Å². The molecular weight excluding hydrogens is 364 g/mol. The Balaban J connectivity index is 1.79. The molecule has 1 fully saturated rings. The summed E-state index contributed by atoms with van der Waals surface area (Å²) < 4.78 is 28.0. The summed E-state index contributed by atoms with van der Waals surface area (Å²) in [6, 6.07) is 5.35. The molecule has 2 heterocycles. The van der Waals surface area contributed by atoms with Crippen molar-refractivity contribution >= 4 is 21.6 Å². The van der Waals surface area contributed by atoms with Gasteiger partial charge in [-0.15, -0.1) is 0 Å². The topological polar surface area (TPSA) is 64.2 Å². The molecule has 1 amide bonds. The van der Waals surface area contributed by atoms with E-state index in [-0.39, 0.29) is 29.3 Å². The fraction of sp³-hybridized carbons (Fsp3) is 0.632. The van der Waals surface area contributed by atoms with Gasteiger partial charge in [0.2, 0.25) is 15.9 Å². The smallest absolute Gasteiger partial charge is 0.243 e. The van der Waals surface area contributed by atoms with E-state index in [1.807, 2.05) is 14.1 Å². The quantitative estimate of drug-likeness (QED) is 0.741. The fourth-order valence-corrected chi connectivity index (χ4v) is 5.67. The molecule has 0 N–H and O–H groups in total. The van der Waals surface area contributed by atoms with Gasteiger partial charge in [-0.2, -0.15) is 4.31 Å². The lowest BCUT2D eigenvalue weighted by Crippen LogP contribution is -2.58. The minimum Gasteiger partial charge on any atom is -0.315 e. The van der Waals surface area contributed by atoms with Crippen LogP contribution in [0.25, 0.3) is 0 Å². The lowest BCUT2D eigenvalue weighted by molar-refractivity contribution is -0.117. The van der Waals surface area contributed by atoms with E-state index in [9.17, 15) is 13.2 Å². The summed E-state index contributed by atoms with van der Waals surface area (Å²) in [5, 5.41) is 0. The number of hydrogen-bond acceptors (Lipinski definition) is 5. The highest BCUT2D eigenvalue weighted by molar-refractivity contribution is 7.89. The van der Waals surface area contributed by atoms with Gasteiger partial charge in [-0.25, -0.2) is 8.42 Å². The molecule has 2 atom stereocenters. The molecule has 150 valence electrons. The third kappa shape index (κ3) is 3.89. The number of rotatable bonds is 5. The number of amides is 1. The number of carbonyl (C=O) groups is 1. The first-order chi connectivity index (χ1) is 12.6. The second-order valence-corrected chi connectivity index (χ2v) is 9.92. The number of benzene rings is 1. The van der Waals surface area contributed by atoms with Gasteiger partial charge in [-0.3, -0.25) is 9.69 Å². The number of fused-ring (bicyclic) bond motifs is 1. The van der Waals surface area contributed by atoms with Crippen LogP contribution < -0.4 is 4.90 Å².